The molecule has 0 aromatic heterocycles. The Morgan fingerprint density at radius 3 is 2.03 bits per heavy atom. The van der Waals surface area contributed by atoms with Gasteiger partial charge in [-0.15, -0.1) is 0 Å². The molecule has 0 saturated carbocycles. The van der Waals surface area contributed by atoms with Gasteiger partial charge in [0.2, 0.25) is 0 Å². The average molecular weight is 427 g/mol. The first kappa shape index (κ1) is 21.1. The number of anilines is 1. The van der Waals surface area contributed by atoms with E-state index in [1.807, 2.05) is 18.2 Å². The molecule has 3 aromatic carbocycles. The van der Waals surface area contributed by atoms with Crippen LogP contribution in [0.25, 0.3) is 5.76 Å². The van der Waals surface area contributed by atoms with Crippen LogP contribution in [0.3, 0.4) is 0 Å². The Hall–Kier alpha value is -4.19. The Morgan fingerprint density at radius 1 is 0.875 bits per heavy atom. The van der Waals surface area contributed by atoms with Crippen molar-refractivity contribution in [2.45, 2.75) is 13.0 Å². The van der Waals surface area contributed by atoms with Gasteiger partial charge in [-0.05, 0) is 61.0 Å². The summed E-state index contributed by atoms with van der Waals surface area (Å²) in [5.41, 5.74) is 2.04. The molecule has 1 atom stereocenters. The van der Waals surface area contributed by atoms with E-state index in [0.717, 1.165) is 0 Å². The SMILES string of the molecule is COc1ccc(C(O)=C2C(=O)C(=O)N(c3ccc(C(C)=O)cc3)C2c2ccccc2)cc1. The molecule has 1 fully saturated rings. The van der Waals surface area contributed by atoms with Crippen molar-refractivity contribution in [3.63, 3.8) is 0 Å². The molecule has 32 heavy (non-hydrogen) atoms. The second-order valence-electron chi connectivity index (χ2n) is 7.41. The molecule has 1 heterocycles. The van der Waals surface area contributed by atoms with E-state index in [1.165, 1.54) is 18.9 Å². The molecule has 1 aliphatic rings. The summed E-state index contributed by atoms with van der Waals surface area (Å²) < 4.78 is 5.15. The number of aliphatic hydroxyl groups is 1. The topological polar surface area (TPSA) is 83.9 Å². The molecular weight excluding hydrogens is 406 g/mol. The predicted molar refractivity (Wildman–Crippen MR) is 121 cm³/mol. The monoisotopic (exact) mass is 427 g/mol. The van der Waals surface area contributed by atoms with Crippen molar-refractivity contribution < 1.29 is 24.2 Å². The number of nitrogens with zero attached hydrogens (tertiary/aromatic N) is 1. The quantitative estimate of drug-likeness (QED) is 0.280. The zero-order valence-electron chi connectivity index (χ0n) is 17.6. The van der Waals surface area contributed by atoms with Crippen LogP contribution < -0.4 is 9.64 Å². The molecule has 1 N–H and O–H groups in total. The van der Waals surface area contributed by atoms with Crippen molar-refractivity contribution in [2.24, 2.45) is 0 Å². The standard InChI is InChI=1S/C26H21NO5/c1-16(28)17-8-12-20(13-9-17)27-23(18-6-4-3-5-7-18)22(25(30)26(27)31)24(29)19-10-14-21(32-2)15-11-19/h3-15,23,29H,1-2H3. The maximum Gasteiger partial charge on any atom is 0.300 e. The summed E-state index contributed by atoms with van der Waals surface area (Å²) in [6.07, 6.45) is 0. The summed E-state index contributed by atoms with van der Waals surface area (Å²) in [5, 5.41) is 11.1. The number of hydrogen-bond donors (Lipinski definition) is 1. The number of amides is 1. The van der Waals surface area contributed by atoms with Gasteiger partial charge in [-0.25, -0.2) is 0 Å². The molecule has 1 saturated heterocycles. The van der Waals surface area contributed by atoms with Crippen molar-refractivity contribution >= 4 is 28.9 Å². The Morgan fingerprint density at radius 2 is 1.47 bits per heavy atom. The maximum absolute atomic E-state index is 13.1. The van der Waals surface area contributed by atoms with Crippen LogP contribution in [0.1, 0.15) is 34.5 Å². The van der Waals surface area contributed by atoms with Gasteiger partial charge in [0.15, 0.2) is 5.78 Å². The van der Waals surface area contributed by atoms with E-state index in [9.17, 15) is 19.5 Å². The Kier molecular flexibility index (Phi) is 5.60. The number of rotatable bonds is 5. The van der Waals surface area contributed by atoms with E-state index in [2.05, 4.69) is 0 Å². The van der Waals surface area contributed by atoms with Gasteiger partial charge < -0.3 is 9.84 Å². The Labute approximate surface area is 185 Å². The van der Waals surface area contributed by atoms with Crippen molar-refractivity contribution in [2.75, 3.05) is 12.0 Å². The number of benzene rings is 3. The van der Waals surface area contributed by atoms with E-state index in [4.69, 9.17) is 4.74 Å². The van der Waals surface area contributed by atoms with Crippen LogP contribution >= 0.6 is 0 Å². The van der Waals surface area contributed by atoms with Crippen LogP contribution in [-0.4, -0.2) is 29.7 Å². The molecule has 6 nitrogen and oxygen atoms in total. The van der Waals surface area contributed by atoms with Gasteiger partial charge in [-0.3, -0.25) is 19.3 Å². The highest BCUT2D eigenvalue weighted by Crippen LogP contribution is 2.42. The number of Topliss-reactive ketones (excluding diaryl/α,β-unsaturated/α-hetero) is 2. The molecule has 1 unspecified atom stereocenters. The fraction of sp³-hybridized carbons (Fsp3) is 0.115. The lowest BCUT2D eigenvalue weighted by atomic mass is 9.95. The zero-order valence-corrected chi connectivity index (χ0v) is 17.6. The summed E-state index contributed by atoms with van der Waals surface area (Å²) in [4.78, 5) is 39.2. The summed E-state index contributed by atoms with van der Waals surface area (Å²) in [5.74, 6) is -1.28. The molecule has 0 aliphatic carbocycles. The molecule has 0 radical (unpaired) electrons. The number of carbonyl (C=O) groups excluding carboxylic acids is 3. The van der Waals surface area contributed by atoms with E-state index in [0.29, 0.717) is 28.1 Å². The molecule has 160 valence electrons. The minimum absolute atomic E-state index is 0.00186. The van der Waals surface area contributed by atoms with E-state index in [-0.39, 0.29) is 17.1 Å². The van der Waals surface area contributed by atoms with Gasteiger partial charge >= 0.3 is 0 Å². The Balaban J connectivity index is 1.88. The third-order valence-electron chi connectivity index (χ3n) is 5.48. The van der Waals surface area contributed by atoms with Crippen LogP contribution in [0.15, 0.2) is 84.4 Å². The minimum atomic E-state index is -0.818. The van der Waals surface area contributed by atoms with Crippen LogP contribution in [0, 0.1) is 0 Å². The van der Waals surface area contributed by atoms with Gasteiger partial charge in [0, 0.05) is 16.8 Å². The lowest BCUT2D eigenvalue weighted by Gasteiger charge is -2.25. The van der Waals surface area contributed by atoms with Gasteiger partial charge in [0.05, 0.1) is 18.7 Å². The summed E-state index contributed by atoms with van der Waals surface area (Å²) in [6, 6.07) is 21.3. The number of carbonyl (C=O) groups is 3. The second-order valence-corrected chi connectivity index (χ2v) is 7.41. The molecular formula is C26H21NO5. The highest BCUT2D eigenvalue weighted by molar-refractivity contribution is 6.51. The highest BCUT2D eigenvalue weighted by atomic mass is 16.5. The fourth-order valence-electron chi connectivity index (χ4n) is 3.81. The smallest absolute Gasteiger partial charge is 0.300 e. The molecule has 0 spiro atoms. The molecule has 0 bridgehead atoms. The van der Waals surface area contributed by atoms with Crippen LogP contribution in [0.2, 0.25) is 0 Å². The van der Waals surface area contributed by atoms with Crippen molar-refractivity contribution in [1.29, 1.82) is 0 Å². The Bertz CT molecular complexity index is 1210. The van der Waals surface area contributed by atoms with Crippen molar-refractivity contribution in [3.8, 4) is 5.75 Å². The molecule has 6 heteroatoms. The largest absolute Gasteiger partial charge is 0.507 e. The lowest BCUT2D eigenvalue weighted by molar-refractivity contribution is -0.132. The molecule has 3 aromatic rings. The number of ketones is 2. The number of methoxy groups -OCH3 is 1. The van der Waals surface area contributed by atoms with Gasteiger partial charge in [0.25, 0.3) is 11.7 Å². The van der Waals surface area contributed by atoms with Crippen LogP contribution in [0.5, 0.6) is 5.75 Å². The fourth-order valence-corrected chi connectivity index (χ4v) is 3.81. The van der Waals surface area contributed by atoms with E-state index in [1.54, 1.807) is 60.7 Å². The predicted octanol–water partition coefficient (Wildman–Crippen LogP) is 4.52. The summed E-state index contributed by atoms with van der Waals surface area (Å²) in [6.45, 7) is 1.46. The first-order valence-electron chi connectivity index (χ1n) is 10.0. The second kappa shape index (κ2) is 8.51. The minimum Gasteiger partial charge on any atom is -0.507 e. The van der Waals surface area contributed by atoms with Crippen molar-refractivity contribution in [1.82, 2.24) is 0 Å². The lowest BCUT2D eigenvalue weighted by Crippen LogP contribution is -2.29. The average Bonchev–Trinajstić information content (AvgIpc) is 3.09. The highest BCUT2D eigenvalue weighted by Gasteiger charge is 2.46. The number of aliphatic hydroxyl groups excluding tert-OH is 1. The summed E-state index contributed by atoms with van der Waals surface area (Å²) >= 11 is 0. The first-order valence-corrected chi connectivity index (χ1v) is 10.0. The van der Waals surface area contributed by atoms with Gasteiger partial charge in [-0.2, -0.15) is 0 Å². The molecule has 1 aliphatic heterocycles. The number of hydrogen-bond acceptors (Lipinski definition) is 5. The first-order chi connectivity index (χ1) is 15.4. The maximum atomic E-state index is 13.1. The molecule has 4 rings (SSSR count). The van der Waals surface area contributed by atoms with Crippen LogP contribution in [0.4, 0.5) is 5.69 Å². The van der Waals surface area contributed by atoms with Gasteiger partial charge in [-0.1, -0.05) is 30.3 Å². The van der Waals surface area contributed by atoms with E-state index >= 15 is 0 Å². The molecule has 1 amide bonds. The van der Waals surface area contributed by atoms with E-state index < -0.39 is 17.7 Å². The third kappa shape index (κ3) is 3.67. The normalized spacial score (nSPS) is 17.4. The van der Waals surface area contributed by atoms with Gasteiger partial charge in [0.1, 0.15) is 11.5 Å². The van der Waals surface area contributed by atoms with Crippen LogP contribution in [-0.2, 0) is 9.59 Å². The summed E-state index contributed by atoms with van der Waals surface area (Å²) in [7, 11) is 1.53. The number of ether oxygens (including phenoxy) is 1. The van der Waals surface area contributed by atoms with Crippen molar-refractivity contribution in [3.05, 3.63) is 101 Å². The zero-order chi connectivity index (χ0) is 22.8. The third-order valence-corrected chi connectivity index (χ3v) is 5.48.